The topological polar surface area (TPSA) is 35.5 Å². The molecule has 2 rings (SSSR count). The molecule has 0 aromatic rings. The van der Waals surface area contributed by atoms with Crippen LogP contribution in [0.2, 0.25) is 18.1 Å². The molecule has 1 saturated heterocycles. The minimum absolute atomic E-state index is 0.0649. The van der Waals surface area contributed by atoms with Gasteiger partial charge in [-0.05, 0) is 31.1 Å². The van der Waals surface area contributed by atoms with Gasteiger partial charge < -0.3 is 9.16 Å². The molecular formula is C15H26O3Si. The lowest BCUT2D eigenvalue weighted by Gasteiger charge is -2.47. The van der Waals surface area contributed by atoms with Crippen LogP contribution in [0.25, 0.3) is 0 Å². The minimum atomic E-state index is -1.98. The fourth-order valence-corrected chi connectivity index (χ4v) is 3.88. The summed E-state index contributed by atoms with van der Waals surface area (Å²) in [7, 11) is -1.98. The third-order valence-electron chi connectivity index (χ3n) is 5.03. The molecule has 2 bridgehead atoms. The molecular weight excluding hydrogens is 256 g/mol. The molecule has 1 fully saturated rings. The summed E-state index contributed by atoms with van der Waals surface area (Å²) in [5, 5.41) is 0.100. The number of carbonyl (C=O) groups excluding carboxylic acids is 1. The number of Topliss-reactive ketones (excluding diaryl/α,β-unsaturated/α-hetero) is 1. The molecule has 0 unspecified atom stereocenters. The fraction of sp³-hybridized carbons (Fsp3) is 0.800. The first kappa shape index (κ1) is 14.9. The zero-order valence-electron chi connectivity index (χ0n) is 13.1. The van der Waals surface area contributed by atoms with Crippen LogP contribution in [0.4, 0.5) is 0 Å². The standard InChI is InChI=1S/C15H26O3Si/c1-10-12-8-9-15(17-12,11(2)13(10)16)18-19(6,7)14(3,4)5/h8-12H,1-7H3/t10-,11-,12-,15+/m1/s1. The van der Waals surface area contributed by atoms with E-state index in [2.05, 4.69) is 33.9 Å². The smallest absolute Gasteiger partial charge is 0.196 e. The van der Waals surface area contributed by atoms with E-state index in [1.807, 2.05) is 26.0 Å². The molecule has 4 atom stereocenters. The van der Waals surface area contributed by atoms with Gasteiger partial charge in [0.1, 0.15) is 5.78 Å². The average molecular weight is 282 g/mol. The average Bonchev–Trinajstić information content (AvgIpc) is 2.65. The van der Waals surface area contributed by atoms with Gasteiger partial charge in [-0.25, -0.2) is 0 Å². The van der Waals surface area contributed by atoms with Gasteiger partial charge in [-0.2, -0.15) is 0 Å². The molecule has 0 amide bonds. The van der Waals surface area contributed by atoms with E-state index in [0.717, 1.165) is 0 Å². The third-order valence-corrected chi connectivity index (χ3v) is 9.47. The SMILES string of the molecule is C[C@@H]1C(=O)[C@H](C)[C@H]2C=C[C@@]1(O[Si](C)(C)C(C)(C)C)O2. The monoisotopic (exact) mass is 282 g/mol. The number of fused-ring (bicyclic) bond motifs is 2. The first-order chi connectivity index (χ1) is 8.50. The van der Waals surface area contributed by atoms with Crippen molar-refractivity contribution in [3.63, 3.8) is 0 Å². The molecule has 2 heterocycles. The molecule has 0 radical (unpaired) electrons. The predicted octanol–water partition coefficient (Wildman–Crippen LogP) is 3.51. The van der Waals surface area contributed by atoms with Crippen molar-refractivity contribution < 1.29 is 14.0 Å². The van der Waals surface area contributed by atoms with Gasteiger partial charge in [-0.15, -0.1) is 0 Å². The predicted molar refractivity (Wildman–Crippen MR) is 78.4 cm³/mol. The van der Waals surface area contributed by atoms with Crippen LogP contribution in [-0.4, -0.2) is 26.0 Å². The van der Waals surface area contributed by atoms with Crippen LogP contribution in [0.1, 0.15) is 34.6 Å². The summed E-state index contributed by atoms with van der Waals surface area (Å²) >= 11 is 0. The summed E-state index contributed by atoms with van der Waals surface area (Å²) in [6.45, 7) is 14.9. The first-order valence-electron chi connectivity index (χ1n) is 7.11. The summed E-state index contributed by atoms with van der Waals surface area (Å²) in [5.74, 6) is -0.867. The van der Waals surface area contributed by atoms with Crippen molar-refractivity contribution in [2.45, 2.75) is 64.6 Å². The molecule has 0 aromatic heterocycles. The number of hydrogen-bond acceptors (Lipinski definition) is 3. The van der Waals surface area contributed by atoms with Gasteiger partial charge in [0.2, 0.25) is 0 Å². The van der Waals surface area contributed by atoms with E-state index in [1.165, 1.54) is 0 Å². The lowest BCUT2D eigenvalue weighted by molar-refractivity contribution is -0.220. The highest BCUT2D eigenvalue weighted by Gasteiger charge is 2.56. The van der Waals surface area contributed by atoms with Crippen LogP contribution in [0.5, 0.6) is 0 Å². The van der Waals surface area contributed by atoms with Crippen molar-refractivity contribution in [3.8, 4) is 0 Å². The summed E-state index contributed by atoms with van der Waals surface area (Å²) < 4.78 is 12.6. The lowest BCUT2D eigenvalue weighted by atomic mass is 9.86. The van der Waals surface area contributed by atoms with Crippen molar-refractivity contribution in [3.05, 3.63) is 12.2 Å². The zero-order chi connectivity index (χ0) is 14.6. The van der Waals surface area contributed by atoms with Gasteiger partial charge >= 0.3 is 0 Å². The van der Waals surface area contributed by atoms with E-state index in [1.54, 1.807) is 0 Å². The second kappa shape index (κ2) is 4.27. The fourth-order valence-electron chi connectivity index (χ4n) is 2.49. The van der Waals surface area contributed by atoms with E-state index < -0.39 is 14.1 Å². The molecule has 0 aliphatic carbocycles. The normalized spacial score (nSPS) is 38.9. The Morgan fingerprint density at radius 2 is 1.89 bits per heavy atom. The van der Waals surface area contributed by atoms with Crippen molar-refractivity contribution in [2.24, 2.45) is 11.8 Å². The second-order valence-electron chi connectivity index (χ2n) is 7.44. The Kier molecular flexibility index (Phi) is 3.36. The summed E-state index contributed by atoms with van der Waals surface area (Å²) in [4.78, 5) is 12.3. The van der Waals surface area contributed by atoms with Crippen LogP contribution in [0.3, 0.4) is 0 Å². The van der Waals surface area contributed by atoms with E-state index in [9.17, 15) is 4.79 Å². The molecule has 2 aliphatic rings. The summed E-state index contributed by atoms with van der Waals surface area (Å²) in [5.41, 5.74) is 0. The second-order valence-corrected chi connectivity index (χ2v) is 12.2. The Morgan fingerprint density at radius 3 is 2.42 bits per heavy atom. The molecule has 2 aliphatic heterocycles. The van der Waals surface area contributed by atoms with Crippen LogP contribution in [0.15, 0.2) is 12.2 Å². The van der Waals surface area contributed by atoms with Crippen LogP contribution >= 0.6 is 0 Å². The highest BCUT2D eigenvalue weighted by atomic mass is 28.4. The molecule has 0 saturated carbocycles. The number of carbonyl (C=O) groups is 1. The van der Waals surface area contributed by atoms with Gasteiger partial charge in [0.25, 0.3) is 0 Å². The van der Waals surface area contributed by atoms with Crippen LogP contribution < -0.4 is 0 Å². The van der Waals surface area contributed by atoms with Gasteiger partial charge in [-0.1, -0.05) is 33.8 Å². The van der Waals surface area contributed by atoms with E-state index in [0.29, 0.717) is 0 Å². The van der Waals surface area contributed by atoms with Crippen molar-refractivity contribution in [1.82, 2.24) is 0 Å². The van der Waals surface area contributed by atoms with Gasteiger partial charge in [0.15, 0.2) is 14.1 Å². The number of hydrogen-bond donors (Lipinski definition) is 0. The zero-order valence-corrected chi connectivity index (χ0v) is 14.1. The van der Waals surface area contributed by atoms with Gasteiger partial charge in [0.05, 0.1) is 12.0 Å². The maximum absolute atomic E-state index is 12.3. The Labute approximate surface area is 117 Å². The number of ether oxygens (including phenoxy) is 1. The quantitative estimate of drug-likeness (QED) is 0.574. The maximum Gasteiger partial charge on any atom is 0.196 e. The van der Waals surface area contributed by atoms with Gasteiger partial charge in [0, 0.05) is 5.92 Å². The first-order valence-corrected chi connectivity index (χ1v) is 10.0. The van der Waals surface area contributed by atoms with Crippen LogP contribution in [0, 0.1) is 11.8 Å². The highest BCUT2D eigenvalue weighted by Crippen LogP contribution is 2.47. The number of ketones is 1. The largest absolute Gasteiger partial charge is 0.386 e. The molecule has 0 N–H and O–H groups in total. The Bertz CT molecular complexity index is 422. The van der Waals surface area contributed by atoms with Crippen molar-refractivity contribution in [1.29, 1.82) is 0 Å². The maximum atomic E-state index is 12.3. The Morgan fingerprint density at radius 1 is 1.32 bits per heavy atom. The molecule has 19 heavy (non-hydrogen) atoms. The molecule has 0 aromatic carbocycles. The molecule has 108 valence electrons. The van der Waals surface area contributed by atoms with Crippen LogP contribution in [-0.2, 0) is 14.0 Å². The highest BCUT2D eigenvalue weighted by molar-refractivity contribution is 6.74. The third kappa shape index (κ3) is 2.24. The summed E-state index contributed by atoms with van der Waals surface area (Å²) in [6.07, 6.45) is 3.86. The summed E-state index contributed by atoms with van der Waals surface area (Å²) in [6, 6.07) is 0. The van der Waals surface area contributed by atoms with E-state index in [-0.39, 0.29) is 28.8 Å². The minimum Gasteiger partial charge on any atom is -0.386 e. The Balaban J connectivity index is 2.30. The van der Waals surface area contributed by atoms with E-state index in [4.69, 9.17) is 9.16 Å². The van der Waals surface area contributed by atoms with Gasteiger partial charge in [-0.3, -0.25) is 4.79 Å². The van der Waals surface area contributed by atoms with Crippen molar-refractivity contribution >= 4 is 14.1 Å². The lowest BCUT2D eigenvalue weighted by Crippen LogP contribution is -2.58. The van der Waals surface area contributed by atoms with Crippen molar-refractivity contribution in [2.75, 3.05) is 0 Å². The van der Waals surface area contributed by atoms with E-state index >= 15 is 0 Å². The number of rotatable bonds is 2. The molecule has 0 spiro atoms. The molecule has 4 heteroatoms. The Hall–Kier alpha value is -0.453. The molecule has 3 nitrogen and oxygen atoms in total.